The quantitative estimate of drug-likeness (QED) is 0.319. The van der Waals surface area contributed by atoms with Crippen LogP contribution in [-0.4, -0.2) is 56.6 Å². The monoisotopic (exact) mass is 553 g/mol. The Balaban J connectivity index is 1.28. The Bertz CT molecular complexity index is 1600. The van der Waals surface area contributed by atoms with Crippen LogP contribution in [0.1, 0.15) is 41.6 Å². The summed E-state index contributed by atoms with van der Waals surface area (Å²) >= 11 is 0. The second-order valence-corrected chi connectivity index (χ2v) is 10.2. The van der Waals surface area contributed by atoms with Gasteiger partial charge in [0, 0.05) is 55.5 Å². The first-order valence-electron chi connectivity index (χ1n) is 13.9. The van der Waals surface area contributed by atoms with Gasteiger partial charge < -0.3 is 28.7 Å². The predicted molar refractivity (Wildman–Crippen MR) is 152 cm³/mol. The number of hydrogen-bond acceptors (Lipinski definition) is 8. The molecule has 210 valence electrons. The number of carbonyl (C=O) groups is 1. The summed E-state index contributed by atoms with van der Waals surface area (Å²) in [6.45, 7) is 2.63. The molecule has 2 fully saturated rings. The third-order valence-corrected chi connectivity index (χ3v) is 7.57. The van der Waals surface area contributed by atoms with Crippen LogP contribution < -0.4 is 14.8 Å². The summed E-state index contributed by atoms with van der Waals surface area (Å²) in [6.07, 6.45) is 4.96. The zero-order chi connectivity index (χ0) is 28.2. The van der Waals surface area contributed by atoms with Gasteiger partial charge in [-0.3, -0.25) is 9.78 Å². The van der Waals surface area contributed by atoms with E-state index in [4.69, 9.17) is 23.4 Å². The largest absolute Gasteiger partial charge is 0.496 e. The molecule has 6 rings (SSSR count). The minimum absolute atomic E-state index is 0.0401. The second kappa shape index (κ2) is 12.0. The molecule has 2 aromatic carbocycles. The number of methoxy groups -OCH3 is 1. The maximum atomic E-state index is 13.0. The summed E-state index contributed by atoms with van der Waals surface area (Å²) in [5.41, 5.74) is 4.60. The van der Waals surface area contributed by atoms with E-state index in [1.54, 1.807) is 25.4 Å². The van der Waals surface area contributed by atoms with E-state index in [0.717, 1.165) is 42.4 Å². The van der Waals surface area contributed by atoms with Crippen molar-refractivity contribution in [3.05, 3.63) is 65.9 Å². The van der Waals surface area contributed by atoms with Gasteiger partial charge in [0.15, 0.2) is 5.58 Å². The molecule has 2 aliphatic rings. The number of nitrogens with zero attached hydrogens (tertiary/aromatic N) is 2. The number of carbonyl (C=O) groups excluding carboxylic acids is 1. The Hall–Kier alpha value is -4.39. The number of furan rings is 1. The van der Waals surface area contributed by atoms with Crippen molar-refractivity contribution in [3.8, 4) is 40.0 Å². The molecule has 2 aromatic heterocycles. The van der Waals surface area contributed by atoms with Gasteiger partial charge >= 0.3 is 0 Å². The van der Waals surface area contributed by atoms with Crippen LogP contribution in [0.4, 0.5) is 0 Å². The van der Waals surface area contributed by atoms with Crippen molar-refractivity contribution >= 4 is 17.0 Å². The van der Waals surface area contributed by atoms with Crippen molar-refractivity contribution in [1.29, 1.82) is 5.26 Å². The van der Waals surface area contributed by atoms with Crippen LogP contribution in [0.5, 0.6) is 11.5 Å². The molecule has 0 unspecified atom stereocenters. The van der Waals surface area contributed by atoms with Crippen LogP contribution in [0, 0.1) is 11.3 Å². The van der Waals surface area contributed by atoms with E-state index in [0.29, 0.717) is 65.9 Å². The van der Waals surface area contributed by atoms with Crippen LogP contribution in [-0.2, 0) is 9.47 Å². The summed E-state index contributed by atoms with van der Waals surface area (Å²) in [5.74, 6) is 1.45. The molecule has 4 heterocycles. The Morgan fingerprint density at radius 1 is 0.951 bits per heavy atom. The summed E-state index contributed by atoms with van der Waals surface area (Å²) < 4.78 is 28.8. The normalized spacial score (nSPS) is 16.3. The van der Waals surface area contributed by atoms with E-state index in [1.807, 2.05) is 36.4 Å². The number of nitriles is 1. The highest BCUT2D eigenvalue weighted by Crippen LogP contribution is 2.37. The number of rotatable bonds is 7. The number of pyridine rings is 1. The first-order valence-corrected chi connectivity index (χ1v) is 13.9. The van der Waals surface area contributed by atoms with Crippen molar-refractivity contribution in [1.82, 2.24) is 10.3 Å². The summed E-state index contributed by atoms with van der Waals surface area (Å²) in [4.78, 5) is 17.5. The summed E-state index contributed by atoms with van der Waals surface area (Å²) in [7, 11) is 1.55. The van der Waals surface area contributed by atoms with Crippen molar-refractivity contribution in [2.75, 3.05) is 33.5 Å². The molecule has 1 amide bonds. The van der Waals surface area contributed by atoms with Gasteiger partial charge in [-0.05, 0) is 48.7 Å². The van der Waals surface area contributed by atoms with E-state index in [1.165, 1.54) is 0 Å². The van der Waals surface area contributed by atoms with E-state index in [9.17, 15) is 10.1 Å². The minimum atomic E-state index is -0.175. The topological polar surface area (TPSA) is 116 Å². The molecule has 2 saturated heterocycles. The maximum absolute atomic E-state index is 13.0. The van der Waals surface area contributed by atoms with Gasteiger partial charge in [0.1, 0.15) is 34.9 Å². The second-order valence-electron chi connectivity index (χ2n) is 10.2. The number of amides is 1. The average Bonchev–Trinajstić information content (AvgIpc) is 3.47. The highest BCUT2D eigenvalue weighted by atomic mass is 16.5. The van der Waals surface area contributed by atoms with Crippen molar-refractivity contribution in [2.45, 2.75) is 37.8 Å². The molecule has 2 aliphatic heterocycles. The lowest BCUT2D eigenvalue weighted by molar-refractivity contribution is 0.0254. The fourth-order valence-corrected chi connectivity index (χ4v) is 5.31. The van der Waals surface area contributed by atoms with Gasteiger partial charge in [0.05, 0.1) is 31.5 Å². The lowest BCUT2D eigenvalue weighted by atomic mass is 10.0. The fourth-order valence-electron chi connectivity index (χ4n) is 5.31. The third kappa shape index (κ3) is 5.75. The number of ether oxygens (including phenoxy) is 4. The van der Waals surface area contributed by atoms with Crippen LogP contribution in [0.3, 0.4) is 0 Å². The molecule has 0 saturated carbocycles. The van der Waals surface area contributed by atoms with E-state index in [-0.39, 0.29) is 18.1 Å². The van der Waals surface area contributed by atoms with E-state index < -0.39 is 0 Å². The molecule has 0 spiro atoms. The fraction of sp³-hybridized carbons (Fsp3) is 0.344. The number of hydrogen-bond donors (Lipinski definition) is 1. The van der Waals surface area contributed by atoms with Crippen molar-refractivity contribution < 1.29 is 28.2 Å². The Morgan fingerprint density at radius 2 is 1.71 bits per heavy atom. The van der Waals surface area contributed by atoms with E-state index >= 15 is 0 Å². The number of nitrogens with one attached hydrogen (secondary N) is 1. The third-order valence-electron chi connectivity index (χ3n) is 7.57. The molecule has 9 nitrogen and oxygen atoms in total. The first-order chi connectivity index (χ1) is 20.1. The van der Waals surface area contributed by atoms with Crippen LogP contribution in [0.2, 0.25) is 0 Å². The molecule has 0 aliphatic carbocycles. The number of fused-ring (bicyclic) bond motifs is 1. The van der Waals surface area contributed by atoms with Crippen molar-refractivity contribution in [3.63, 3.8) is 0 Å². The van der Waals surface area contributed by atoms with Crippen LogP contribution >= 0.6 is 0 Å². The minimum Gasteiger partial charge on any atom is -0.496 e. The lowest BCUT2D eigenvalue weighted by Gasteiger charge is -2.23. The Kier molecular flexibility index (Phi) is 7.85. The molecule has 1 N–H and O–H groups in total. The highest BCUT2D eigenvalue weighted by molar-refractivity contribution is 5.98. The summed E-state index contributed by atoms with van der Waals surface area (Å²) in [5, 5.41) is 12.9. The molecule has 41 heavy (non-hydrogen) atoms. The molecule has 0 atom stereocenters. The average molecular weight is 554 g/mol. The molecular formula is C32H31N3O6. The standard InChI is InChI=1S/C32H31N3O6/c1-37-30-17-21(2-4-26(30)32(36)35-23-7-12-38-13-8-23)29-18-27-31(41-29)25(6-11-34-27)20-3-5-28(22(16-20)19-33)40-24-9-14-39-15-10-24/h2-6,11,16-18,23-24H,7-10,12-15H2,1H3,(H,35,36). The molecule has 0 radical (unpaired) electrons. The van der Waals surface area contributed by atoms with E-state index in [2.05, 4.69) is 16.4 Å². The van der Waals surface area contributed by atoms with Crippen LogP contribution in [0.15, 0.2) is 59.1 Å². The molecule has 9 heteroatoms. The Morgan fingerprint density at radius 3 is 2.46 bits per heavy atom. The predicted octanol–water partition coefficient (Wildman–Crippen LogP) is 5.51. The Labute approximate surface area is 238 Å². The molecule has 0 bridgehead atoms. The van der Waals surface area contributed by atoms with Gasteiger partial charge in [-0.15, -0.1) is 0 Å². The number of aromatic nitrogens is 1. The van der Waals surface area contributed by atoms with Gasteiger partial charge in [-0.2, -0.15) is 5.26 Å². The van der Waals surface area contributed by atoms with Crippen LogP contribution in [0.25, 0.3) is 33.6 Å². The first kappa shape index (κ1) is 26.8. The van der Waals surface area contributed by atoms with Gasteiger partial charge in [-0.25, -0.2) is 0 Å². The zero-order valence-corrected chi connectivity index (χ0v) is 22.9. The van der Waals surface area contributed by atoms with Gasteiger partial charge in [-0.1, -0.05) is 12.1 Å². The molecular weight excluding hydrogens is 522 g/mol. The van der Waals surface area contributed by atoms with Gasteiger partial charge in [0.2, 0.25) is 0 Å². The maximum Gasteiger partial charge on any atom is 0.255 e. The zero-order valence-electron chi connectivity index (χ0n) is 22.9. The summed E-state index contributed by atoms with van der Waals surface area (Å²) in [6, 6.07) is 17.1. The van der Waals surface area contributed by atoms with Gasteiger partial charge in [0.25, 0.3) is 5.91 Å². The number of benzene rings is 2. The smallest absolute Gasteiger partial charge is 0.255 e. The SMILES string of the molecule is COc1cc(-c2cc3nccc(-c4ccc(OC5CCOCC5)c(C#N)c4)c3o2)ccc1C(=O)NC1CCOCC1. The highest BCUT2D eigenvalue weighted by Gasteiger charge is 2.22. The molecule has 4 aromatic rings. The lowest BCUT2D eigenvalue weighted by Crippen LogP contribution is -2.39. The van der Waals surface area contributed by atoms with Crippen molar-refractivity contribution in [2.24, 2.45) is 0 Å².